The molecule has 0 aliphatic heterocycles. The maximum absolute atomic E-state index is 5.62. The quantitative estimate of drug-likeness (QED) is 0.335. The standard InChI is InChI=1S/C18H28N4O/c1-2-20-18(21-12-10-16-7-4-3-5-8-16)22-13-14-23-17-9-6-11-19-15-17/h6-7,9,11,15H,2-5,8,10,12-14H2,1H3,(H2,20,21,22). The lowest BCUT2D eigenvalue weighted by Crippen LogP contribution is -2.39. The van der Waals surface area contributed by atoms with Crippen LogP contribution in [0.4, 0.5) is 0 Å². The van der Waals surface area contributed by atoms with Gasteiger partial charge < -0.3 is 15.4 Å². The molecule has 0 radical (unpaired) electrons. The first-order valence-corrected chi connectivity index (χ1v) is 8.61. The third-order valence-corrected chi connectivity index (χ3v) is 3.73. The number of nitrogens with one attached hydrogen (secondary N) is 2. The van der Waals surface area contributed by atoms with Gasteiger partial charge in [-0.3, -0.25) is 9.98 Å². The van der Waals surface area contributed by atoms with E-state index in [1.54, 1.807) is 18.0 Å². The Kier molecular flexibility index (Phi) is 8.02. The smallest absolute Gasteiger partial charge is 0.191 e. The zero-order valence-electron chi connectivity index (χ0n) is 14.1. The van der Waals surface area contributed by atoms with Crippen LogP contribution in [0.25, 0.3) is 0 Å². The highest BCUT2D eigenvalue weighted by Crippen LogP contribution is 2.19. The lowest BCUT2D eigenvalue weighted by molar-refractivity contribution is 0.320. The van der Waals surface area contributed by atoms with E-state index in [2.05, 4.69) is 33.6 Å². The average molecular weight is 316 g/mol. The van der Waals surface area contributed by atoms with Crippen LogP contribution in [0.5, 0.6) is 5.75 Å². The Balaban J connectivity index is 1.67. The fraction of sp³-hybridized carbons (Fsp3) is 0.556. The molecule has 1 aromatic rings. The van der Waals surface area contributed by atoms with Gasteiger partial charge in [-0.05, 0) is 51.2 Å². The maximum Gasteiger partial charge on any atom is 0.191 e. The first-order valence-electron chi connectivity index (χ1n) is 8.61. The van der Waals surface area contributed by atoms with Gasteiger partial charge in [0.25, 0.3) is 0 Å². The first-order chi connectivity index (χ1) is 11.4. The van der Waals surface area contributed by atoms with E-state index in [0.717, 1.165) is 31.2 Å². The Hall–Kier alpha value is -2.04. The summed E-state index contributed by atoms with van der Waals surface area (Å²) in [6.45, 7) is 5.07. The molecule has 1 aliphatic rings. The summed E-state index contributed by atoms with van der Waals surface area (Å²) in [6, 6.07) is 3.78. The topological polar surface area (TPSA) is 58.5 Å². The first kappa shape index (κ1) is 17.3. The molecule has 2 N–H and O–H groups in total. The number of guanidine groups is 1. The van der Waals surface area contributed by atoms with Crippen molar-refractivity contribution < 1.29 is 4.74 Å². The molecule has 2 rings (SSSR count). The fourth-order valence-corrected chi connectivity index (χ4v) is 2.56. The second-order valence-electron chi connectivity index (χ2n) is 5.58. The zero-order valence-corrected chi connectivity index (χ0v) is 14.1. The van der Waals surface area contributed by atoms with E-state index in [0.29, 0.717) is 13.2 Å². The number of ether oxygens (including phenoxy) is 1. The Bertz CT molecular complexity index is 499. The minimum Gasteiger partial charge on any atom is -0.490 e. The summed E-state index contributed by atoms with van der Waals surface area (Å²) in [7, 11) is 0. The molecule has 126 valence electrons. The minimum absolute atomic E-state index is 0.585. The Morgan fingerprint density at radius 1 is 1.35 bits per heavy atom. The SMILES string of the molecule is CCNC(=NCCC1=CCCCC1)NCCOc1cccnc1. The van der Waals surface area contributed by atoms with Crippen molar-refractivity contribution in [2.24, 2.45) is 4.99 Å². The van der Waals surface area contributed by atoms with Crippen LogP contribution in [-0.2, 0) is 0 Å². The van der Waals surface area contributed by atoms with Crippen molar-refractivity contribution >= 4 is 5.96 Å². The summed E-state index contributed by atoms with van der Waals surface area (Å²) in [5.74, 6) is 1.65. The number of aliphatic imine (C=N–C) groups is 1. The van der Waals surface area contributed by atoms with E-state index < -0.39 is 0 Å². The predicted octanol–water partition coefficient (Wildman–Crippen LogP) is 2.91. The van der Waals surface area contributed by atoms with Crippen LogP contribution >= 0.6 is 0 Å². The van der Waals surface area contributed by atoms with Gasteiger partial charge in [-0.1, -0.05) is 11.6 Å². The predicted molar refractivity (Wildman–Crippen MR) is 94.9 cm³/mol. The molecule has 0 fully saturated rings. The molecule has 1 aromatic heterocycles. The molecule has 0 saturated carbocycles. The number of pyridine rings is 1. The van der Waals surface area contributed by atoms with Gasteiger partial charge in [-0.15, -0.1) is 0 Å². The lowest BCUT2D eigenvalue weighted by atomic mass is 9.97. The average Bonchev–Trinajstić information content (AvgIpc) is 2.60. The molecule has 0 spiro atoms. The highest BCUT2D eigenvalue weighted by atomic mass is 16.5. The van der Waals surface area contributed by atoms with E-state index >= 15 is 0 Å². The molecule has 23 heavy (non-hydrogen) atoms. The molecule has 0 atom stereocenters. The summed E-state index contributed by atoms with van der Waals surface area (Å²) >= 11 is 0. The van der Waals surface area contributed by atoms with E-state index in [1.165, 1.54) is 25.7 Å². The van der Waals surface area contributed by atoms with Crippen LogP contribution in [-0.4, -0.2) is 37.2 Å². The van der Waals surface area contributed by atoms with Crippen molar-refractivity contribution in [3.8, 4) is 5.75 Å². The Labute approximate surface area is 139 Å². The van der Waals surface area contributed by atoms with Gasteiger partial charge in [0.15, 0.2) is 5.96 Å². The number of hydrogen-bond acceptors (Lipinski definition) is 3. The van der Waals surface area contributed by atoms with Gasteiger partial charge >= 0.3 is 0 Å². The summed E-state index contributed by atoms with van der Waals surface area (Å²) in [6.07, 6.45) is 12.1. The van der Waals surface area contributed by atoms with E-state index in [1.807, 2.05) is 12.1 Å². The zero-order chi connectivity index (χ0) is 16.2. The van der Waals surface area contributed by atoms with Crippen LogP contribution in [0.2, 0.25) is 0 Å². The second kappa shape index (κ2) is 10.6. The molecule has 1 aliphatic carbocycles. The molecular formula is C18H28N4O. The summed E-state index contributed by atoms with van der Waals surface area (Å²) in [5.41, 5.74) is 1.57. The number of hydrogen-bond donors (Lipinski definition) is 2. The highest BCUT2D eigenvalue weighted by Gasteiger charge is 2.03. The highest BCUT2D eigenvalue weighted by molar-refractivity contribution is 5.79. The van der Waals surface area contributed by atoms with Crippen LogP contribution in [0, 0.1) is 0 Å². The van der Waals surface area contributed by atoms with Crippen molar-refractivity contribution in [3.63, 3.8) is 0 Å². The van der Waals surface area contributed by atoms with Crippen molar-refractivity contribution in [1.29, 1.82) is 0 Å². The fourth-order valence-electron chi connectivity index (χ4n) is 2.56. The maximum atomic E-state index is 5.62. The number of aromatic nitrogens is 1. The third kappa shape index (κ3) is 7.17. The van der Waals surface area contributed by atoms with Crippen molar-refractivity contribution in [2.45, 2.75) is 39.0 Å². The largest absolute Gasteiger partial charge is 0.490 e. The molecule has 0 aromatic carbocycles. The molecule has 1 heterocycles. The van der Waals surface area contributed by atoms with Crippen LogP contribution in [0.1, 0.15) is 39.0 Å². The summed E-state index contributed by atoms with van der Waals surface area (Å²) < 4.78 is 5.62. The van der Waals surface area contributed by atoms with Gasteiger partial charge in [0.05, 0.1) is 12.7 Å². The van der Waals surface area contributed by atoms with Crippen LogP contribution in [0.3, 0.4) is 0 Å². The van der Waals surface area contributed by atoms with E-state index in [-0.39, 0.29) is 0 Å². The van der Waals surface area contributed by atoms with Gasteiger partial charge in [0.2, 0.25) is 0 Å². The third-order valence-electron chi connectivity index (χ3n) is 3.73. The molecule has 0 saturated heterocycles. The number of nitrogens with zero attached hydrogens (tertiary/aromatic N) is 2. The number of rotatable bonds is 8. The molecule has 5 heteroatoms. The van der Waals surface area contributed by atoms with Crippen molar-refractivity contribution in [1.82, 2.24) is 15.6 Å². The molecule has 0 amide bonds. The monoisotopic (exact) mass is 316 g/mol. The van der Waals surface area contributed by atoms with Crippen molar-refractivity contribution in [3.05, 3.63) is 36.2 Å². The van der Waals surface area contributed by atoms with Crippen LogP contribution < -0.4 is 15.4 Å². The van der Waals surface area contributed by atoms with Crippen molar-refractivity contribution in [2.75, 3.05) is 26.2 Å². The minimum atomic E-state index is 0.585. The summed E-state index contributed by atoms with van der Waals surface area (Å²) in [4.78, 5) is 8.66. The second-order valence-corrected chi connectivity index (χ2v) is 5.58. The molecule has 5 nitrogen and oxygen atoms in total. The normalized spacial score (nSPS) is 15.0. The van der Waals surface area contributed by atoms with Gasteiger partial charge in [-0.25, -0.2) is 0 Å². The lowest BCUT2D eigenvalue weighted by Gasteiger charge is -2.13. The van der Waals surface area contributed by atoms with Crippen LogP contribution in [0.15, 0.2) is 41.2 Å². The Morgan fingerprint density at radius 2 is 2.30 bits per heavy atom. The van der Waals surface area contributed by atoms with Gasteiger partial charge in [0, 0.05) is 19.3 Å². The van der Waals surface area contributed by atoms with Gasteiger partial charge in [-0.2, -0.15) is 0 Å². The molecule has 0 bridgehead atoms. The molecule has 0 unspecified atom stereocenters. The molecular weight excluding hydrogens is 288 g/mol. The van der Waals surface area contributed by atoms with Gasteiger partial charge in [0.1, 0.15) is 12.4 Å². The Morgan fingerprint density at radius 3 is 3.04 bits per heavy atom. The number of allylic oxidation sites excluding steroid dienone is 1. The van der Waals surface area contributed by atoms with E-state index in [9.17, 15) is 0 Å². The summed E-state index contributed by atoms with van der Waals surface area (Å²) in [5, 5.41) is 6.57. The van der Waals surface area contributed by atoms with E-state index in [4.69, 9.17) is 4.74 Å².